The maximum Gasteiger partial charge on any atom is 0.317 e. The molecule has 2 saturated heterocycles. The van der Waals surface area contributed by atoms with Crippen molar-refractivity contribution in [3.05, 3.63) is 24.2 Å². The van der Waals surface area contributed by atoms with E-state index in [1.54, 1.807) is 18.4 Å². The van der Waals surface area contributed by atoms with Crippen molar-refractivity contribution < 1.29 is 19.1 Å². The molecule has 3 heterocycles. The van der Waals surface area contributed by atoms with Crippen LogP contribution in [0.5, 0.6) is 0 Å². The highest BCUT2D eigenvalue weighted by Crippen LogP contribution is 2.28. The number of hydrogen-bond donors (Lipinski definition) is 2. The molecule has 1 aromatic heterocycles. The number of likely N-dealkylation sites (tertiary alicyclic amines) is 1. The predicted octanol–water partition coefficient (Wildman–Crippen LogP) is 2.83. The zero-order valence-electron chi connectivity index (χ0n) is 14.3. The summed E-state index contributed by atoms with van der Waals surface area (Å²) in [5.41, 5.74) is 0. The van der Waals surface area contributed by atoms with Gasteiger partial charge in [-0.05, 0) is 44.2 Å². The van der Waals surface area contributed by atoms with Crippen molar-refractivity contribution in [1.82, 2.24) is 10.2 Å². The van der Waals surface area contributed by atoms with Crippen LogP contribution in [-0.2, 0) is 4.74 Å². The van der Waals surface area contributed by atoms with E-state index in [0.717, 1.165) is 45.3 Å². The minimum atomic E-state index is -0.668. The molecule has 134 valence electrons. The van der Waals surface area contributed by atoms with Crippen LogP contribution < -0.4 is 5.32 Å². The van der Waals surface area contributed by atoms with E-state index in [1.165, 1.54) is 0 Å². The topological polar surface area (TPSA) is 74.9 Å². The third-order valence-corrected chi connectivity index (χ3v) is 5.17. The summed E-state index contributed by atoms with van der Waals surface area (Å²) in [6.07, 6.45) is 6.37. The highest BCUT2D eigenvalue weighted by atomic mass is 16.5. The Hall–Kier alpha value is -1.53. The highest BCUT2D eigenvalue weighted by molar-refractivity contribution is 5.75. The number of amides is 2. The Bertz CT molecular complexity index is 513. The lowest BCUT2D eigenvalue weighted by Gasteiger charge is -2.30. The van der Waals surface area contributed by atoms with E-state index >= 15 is 0 Å². The van der Waals surface area contributed by atoms with Gasteiger partial charge in [-0.15, -0.1) is 0 Å². The van der Waals surface area contributed by atoms with Crippen LogP contribution in [0.3, 0.4) is 0 Å². The maximum absolute atomic E-state index is 12.7. The molecule has 6 nitrogen and oxygen atoms in total. The SMILES string of the molecule is CCC(NC(=O)N1CCCC1CC(O)c1ccco1)C1CCCO1. The van der Waals surface area contributed by atoms with Crippen LogP contribution in [0.4, 0.5) is 4.79 Å². The van der Waals surface area contributed by atoms with Gasteiger partial charge in [-0.2, -0.15) is 0 Å². The molecule has 2 fully saturated rings. The Morgan fingerprint density at radius 3 is 3.00 bits per heavy atom. The zero-order chi connectivity index (χ0) is 16.9. The Morgan fingerprint density at radius 1 is 1.46 bits per heavy atom. The van der Waals surface area contributed by atoms with Gasteiger partial charge in [0, 0.05) is 25.6 Å². The lowest BCUT2D eigenvalue weighted by molar-refractivity contribution is 0.0739. The van der Waals surface area contributed by atoms with Gasteiger partial charge >= 0.3 is 6.03 Å². The number of urea groups is 1. The molecule has 2 aliphatic rings. The van der Waals surface area contributed by atoms with E-state index in [1.807, 2.05) is 4.90 Å². The van der Waals surface area contributed by atoms with E-state index in [2.05, 4.69) is 12.2 Å². The first kappa shape index (κ1) is 17.3. The Morgan fingerprint density at radius 2 is 2.33 bits per heavy atom. The third-order valence-electron chi connectivity index (χ3n) is 5.17. The van der Waals surface area contributed by atoms with Gasteiger partial charge in [0.05, 0.1) is 18.4 Å². The average molecular weight is 336 g/mol. The van der Waals surface area contributed by atoms with Gasteiger partial charge < -0.3 is 24.5 Å². The van der Waals surface area contributed by atoms with Crippen molar-refractivity contribution in [2.75, 3.05) is 13.2 Å². The van der Waals surface area contributed by atoms with E-state index in [-0.39, 0.29) is 24.2 Å². The summed E-state index contributed by atoms with van der Waals surface area (Å²) in [7, 11) is 0. The molecule has 2 N–H and O–H groups in total. The van der Waals surface area contributed by atoms with Crippen LogP contribution in [0.1, 0.15) is 57.3 Å². The van der Waals surface area contributed by atoms with Crippen LogP contribution in [-0.4, -0.2) is 47.4 Å². The molecule has 24 heavy (non-hydrogen) atoms. The third kappa shape index (κ3) is 3.92. The van der Waals surface area contributed by atoms with E-state index in [4.69, 9.17) is 9.15 Å². The second kappa shape index (κ2) is 8.03. The molecule has 0 bridgehead atoms. The number of carbonyl (C=O) groups excluding carboxylic acids is 1. The first-order chi connectivity index (χ1) is 11.7. The first-order valence-corrected chi connectivity index (χ1v) is 9.09. The fourth-order valence-corrected chi connectivity index (χ4v) is 3.82. The summed E-state index contributed by atoms with van der Waals surface area (Å²) in [6, 6.07) is 3.62. The Balaban J connectivity index is 1.56. The van der Waals surface area contributed by atoms with Crippen LogP contribution in [0.25, 0.3) is 0 Å². The van der Waals surface area contributed by atoms with E-state index in [9.17, 15) is 9.90 Å². The van der Waals surface area contributed by atoms with Gasteiger partial charge in [0.25, 0.3) is 0 Å². The standard InChI is InChI=1S/C18H28N2O4/c1-2-14(16-7-4-10-23-16)19-18(22)20-9-3-6-13(20)12-15(21)17-8-5-11-24-17/h5,8,11,13-16,21H,2-4,6-7,9-10,12H2,1H3,(H,19,22). The maximum atomic E-state index is 12.7. The molecular formula is C18H28N2O4. The molecule has 0 saturated carbocycles. The summed E-state index contributed by atoms with van der Waals surface area (Å²) in [6.45, 7) is 3.61. The molecule has 0 spiro atoms. The fourth-order valence-electron chi connectivity index (χ4n) is 3.82. The second-order valence-corrected chi connectivity index (χ2v) is 6.77. The smallest absolute Gasteiger partial charge is 0.317 e. The molecule has 1 aromatic rings. The van der Waals surface area contributed by atoms with Crippen LogP contribution in [0.2, 0.25) is 0 Å². The Labute approximate surface area is 143 Å². The van der Waals surface area contributed by atoms with Crippen molar-refractivity contribution in [3.63, 3.8) is 0 Å². The molecule has 4 unspecified atom stereocenters. The van der Waals surface area contributed by atoms with Crippen molar-refractivity contribution in [2.45, 2.75) is 69.7 Å². The summed E-state index contributed by atoms with van der Waals surface area (Å²) in [4.78, 5) is 14.6. The van der Waals surface area contributed by atoms with Gasteiger partial charge in [0.1, 0.15) is 11.9 Å². The summed E-state index contributed by atoms with van der Waals surface area (Å²) < 4.78 is 11.0. The normalized spacial score (nSPS) is 26.5. The monoisotopic (exact) mass is 336 g/mol. The minimum absolute atomic E-state index is 0.0357. The first-order valence-electron chi connectivity index (χ1n) is 9.09. The largest absolute Gasteiger partial charge is 0.467 e. The van der Waals surface area contributed by atoms with Crippen LogP contribution in [0.15, 0.2) is 22.8 Å². The van der Waals surface area contributed by atoms with Gasteiger partial charge in [0.2, 0.25) is 0 Å². The van der Waals surface area contributed by atoms with Crippen molar-refractivity contribution in [1.29, 1.82) is 0 Å². The fraction of sp³-hybridized carbons (Fsp3) is 0.722. The number of nitrogens with zero attached hydrogens (tertiary/aromatic N) is 1. The number of carbonyl (C=O) groups is 1. The molecule has 2 aliphatic heterocycles. The number of furan rings is 1. The van der Waals surface area contributed by atoms with Crippen LogP contribution in [0, 0.1) is 0 Å². The minimum Gasteiger partial charge on any atom is -0.467 e. The molecule has 6 heteroatoms. The van der Waals surface area contributed by atoms with Crippen molar-refractivity contribution >= 4 is 6.03 Å². The van der Waals surface area contributed by atoms with Gasteiger partial charge in [-0.3, -0.25) is 0 Å². The zero-order valence-corrected chi connectivity index (χ0v) is 14.3. The highest BCUT2D eigenvalue weighted by Gasteiger charge is 2.34. The molecule has 0 aromatic carbocycles. The van der Waals surface area contributed by atoms with E-state index in [0.29, 0.717) is 12.2 Å². The van der Waals surface area contributed by atoms with Crippen LogP contribution >= 0.6 is 0 Å². The second-order valence-electron chi connectivity index (χ2n) is 6.77. The number of hydrogen-bond acceptors (Lipinski definition) is 4. The quantitative estimate of drug-likeness (QED) is 0.838. The van der Waals surface area contributed by atoms with Gasteiger partial charge in [-0.1, -0.05) is 6.92 Å². The van der Waals surface area contributed by atoms with Gasteiger partial charge in [-0.25, -0.2) is 4.79 Å². The van der Waals surface area contributed by atoms with E-state index < -0.39 is 6.10 Å². The lowest BCUT2D eigenvalue weighted by Crippen LogP contribution is -2.50. The number of rotatable bonds is 6. The number of nitrogens with one attached hydrogen (secondary N) is 1. The summed E-state index contributed by atoms with van der Waals surface area (Å²) >= 11 is 0. The number of aliphatic hydroxyl groups is 1. The average Bonchev–Trinajstić information content (AvgIpc) is 3.33. The summed E-state index contributed by atoms with van der Waals surface area (Å²) in [5.74, 6) is 0.563. The molecule has 0 radical (unpaired) electrons. The van der Waals surface area contributed by atoms with Crippen molar-refractivity contribution in [2.24, 2.45) is 0 Å². The molecule has 2 amide bonds. The van der Waals surface area contributed by atoms with Gasteiger partial charge in [0.15, 0.2) is 0 Å². The molecule has 0 aliphatic carbocycles. The summed E-state index contributed by atoms with van der Waals surface area (Å²) in [5, 5.41) is 13.4. The molecule has 3 rings (SSSR count). The molecular weight excluding hydrogens is 308 g/mol. The lowest BCUT2D eigenvalue weighted by atomic mass is 10.0. The predicted molar refractivity (Wildman–Crippen MR) is 89.6 cm³/mol. The van der Waals surface area contributed by atoms with Crippen molar-refractivity contribution in [3.8, 4) is 0 Å². The molecule has 4 atom stereocenters. The number of ether oxygens (including phenoxy) is 1. The Kier molecular flexibility index (Phi) is 5.79. The number of aliphatic hydroxyl groups excluding tert-OH is 1.